The minimum atomic E-state index is -0.0268. The van der Waals surface area contributed by atoms with Gasteiger partial charge in [-0.15, -0.1) is 0 Å². The van der Waals surface area contributed by atoms with Crippen LogP contribution in [0.5, 0.6) is 0 Å². The summed E-state index contributed by atoms with van der Waals surface area (Å²) in [5, 5.41) is 5.98. The summed E-state index contributed by atoms with van der Waals surface area (Å²) in [7, 11) is 0. The minimum absolute atomic E-state index is 0.0268. The largest absolute Gasteiger partial charge is 0.359 e. The van der Waals surface area contributed by atoms with Crippen molar-refractivity contribution < 1.29 is 0 Å². The molecule has 0 aliphatic carbocycles. The Morgan fingerprint density at radius 2 is 1.30 bits per heavy atom. The molecule has 5 heteroatoms. The first kappa shape index (κ1) is 24.6. The molecule has 0 saturated carbocycles. The maximum absolute atomic E-state index is 5.23. The molecule has 44 heavy (non-hydrogen) atoms. The summed E-state index contributed by atoms with van der Waals surface area (Å²) in [4.78, 5) is 12.5. The Kier molecular flexibility index (Phi) is 5.50. The summed E-state index contributed by atoms with van der Waals surface area (Å²) in [6.45, 7) is 0. The molecule has 0 saturated heterocycles. The average molecular weight is 566 g/mol. The molecule has 0 bridgehead atoms. The van der Waals surface area contributed by atoms with Crippen molar-refractivity contribution in [2.45, 2.75) is 6.17 Å². The molecule has 5 aromatic carbocycles. The summed E-state index contributed by atoms with van der Waals surface area (Å²) < 4.78 is 2.07. The van der Waals surface area contributed by atoms with Crippen molar-refractivity contribution in [2.75, 3.05) is 10.2 Å². The molecule has 208 valence electrons. The number of nitrogens with one attached hydrogen (secondary N) is 1. The second-order valence-corrected chi connectivity index (χ2v) is 11.2. The summed E-state index contributed by atoms with van der Waals surface area (Å²) >= 11 is 0. The van der Waals surface area contributed by atoms with Gasteiger partial charge >= 0.3 is 0 Å². The van der Waals surface area contributed by atoms with Crippen LogP contribution in [0.3, 0.4) is 0 Å². The fourth-order valence-corrected chi connectivity index (χ4v) is 6.55. The van der Waals surface area contributed by atoms with Crippen molar-refractivity contribution in [3.8, 4) is 22.4 Å². The van der Waals surface area contributed by atoms with E-state index in [1.54, 1.807) is 0 Å². The van der Waals surface area contributed by atoms with Crippen molar-refractivity contribution in [3.05, 3.63) is 157 Å². The van der Waals surface area contributed by atoms with E-state index >= 15 is 0 Å². The Labute approximate surface area is 254 Å². The Morgan fingerprint density at radius 1 is 0.568 bits per heavy atom. The molecule has 1 aliphatic heterocycles. The summed E-state index contributed by atoms with van der Waals surface area (Å²) in [6, 6.07) is 51.2. The lowest BCUT2D eigenvalue weighted by Crippen LogP contribution is -2.23. The molecule has 1 N–H and O–H groups in total. The predicted molar refractivity (Wildman–Crippen MR) is 180 cm³/mol. The van der Waals surface area contributed by atoms with Crippen molar-refractivity contribution >= 4 is 44.6 Å². The van der Waals surface area contributed by atoms with Gasteiger partial charge in [0, 0.05) is 28.2 Å². The highest BCUT2D eigenvalue weighted by Crippen LogP contribution is 2.46. The number of aromatic nitrogens is 3. The normalized spacial score (nSPS) is 14.3. The van der Waals surface area contributed by atoms with E-state index in [0.717, 1.165) is 61.3 Å². The van der Waals surface area contributed by atoms with Crippen LogP contribution in [0.2, 0.25) is 0 Å². The van der Waals surface area contributed by atoms with E-state index in [1.807, 2.05) is 24.4 Å². The molecule has 1 atom stereocenters. The van der Waals surface area contributed by atoms with Crippen LogP contribution in [0, 0.1) is 0 Å². The maximum Gasteiger partial charge on any atom is 0.165 e. The lowest BCUT2D eigenvalue weighted by atomic mass is 9.97. The zero-order valence-electron chi connectivity index (χ0n) is 23.8. The monoisotopic (exact) mass is 565 g/mol. The summed E-state index contributed by atoms with van der Waals surface area (Å²) in [5.74, 6) is 0. The van der Waals surface area contributed by atoms with Gasteiger partial charge < -0.3 is 10.2 Å². The van der Waals surface area contributed by atoms with Gasteiger partial charge in [0.05, 0.1) is 17.1 Å². The van der Waals surface area contributed by atoms with Gasteiger partial charge in [-0.2, -0.15) is 0 Å². The van der Waals surface area contributed by atoms with Crippen LogP contribution in [-0.2, 0) is 0 Å². The third-order valence-electron chi connectivity index (χ3n) is 8.58. The van der Waals surface area contributed by atoms with Crippen LogP contribution in [0.15, 0.2) is 152 Å². The van der Waals surface area contributed by atoms with Crippen molar-refractivity contribution in [1.82, 2.24) is 14.4 Å². The highest BCUT2D eigenvalue weighted by Gasteiger charge is 2.31. The standard InChI is InChI=1S/C39H27N5/c1-2-16-30(17-3-1)44-34-21-7-6-20-33(34)40-38(44)29-15-11-13-27(25-29)26-12-10-14-28(24-26)36-31-18-4-5-19-32(31)37-39(42-36)43-23-9-8-22-35(43)41-37/h1-25,38,40H. The van der Waals surface area contributed by atoms with E-state index in [2.05, 4.69) is 142 Å². The van der Waals surface area contributed by atoms with Gasteiger partial charge in [0.1, 0.15) is 17.3 Å². The third kappa shape index (κ3) is 3.87. The number of anilines is 3. The second kappa shape index (κ2) is 9.82. The maximum atomic E-state index is 5.23. The second-order valence-electron chi connectivity index (χ2n) is 11.2. The van der Waals surface area contributed by atoms with Crippen molar-refractivity contribution in [2.24, 2.45) is 0 Å². The van der Waals surface area contributed by atoms with Gasteiger partial charge in [0.25, 0.3) is 0 Å². The van der Waals surface area contributed by atoms with E-state index in [9.17, 15) is 0 Å². The van der Waals surface area contributed by atoms with Crippen LogP contribution in [0.1, 0.15) is 11.7 Å². The van der Waals surface area contributed by atoms with Gasteiger partial charge in [-0.05, 0) is 65.2 Å². The minimum Gasteiger partial charge on any atom is -0.359 e. The molecule has 5 nitrogen and oxygen atoms in total. The molecule has 0 fully saturated rings. The molecule has 0 radical (unpaired) electrons. The average Bonchev–Trinajstić information content (AvgIpc) is 3.68. The Balaban J connectivity index is 1.16. The van der Waals surface area contributed by atoms with Crippen molar-refractivity contribution in [1.29, 1.82) is 0 Å². The number of para-hydroxylation sites is 3. The van der Waals surface area contributed by atoms with Gasteiger partial charge in [0.2, 0.25) is 0 Å². The molecular formula is C39H27N5. The van der Waals surface area contributed by atoms with E-state index in [-0.39, 0.29) is 6.17 Å². The van der Waals surface area contributed by atoms with E-state index in [4.69, 9.17) is 9.97 Å². The van der Waals surface area contributed by atoms with Crippen LogP contribution in [0.4, 0.5) is 17.1 Å². The predicted octanol–water partition coefficient (Wildman–Crippen LogP) is 9.63. The van der Waals surface area contributed by atoms with Gasteiger partial charge in [-0.1, -0.05) is 97.1 Å². The number of hydrogen-bond donors (Lipinski definition) is 1. The molecule has 0 amide bonds. The Morgan fingerprint density at radius 3 is 2.20 bits per heavy atom. The lowest BCUT2D eigenvalue weighted by Gasteiger charge is -2.27. The first-order valence-corrected chi connectivity index (χ1v) is 14.9. The van der Waals surface area contributed by atoms with Gasteiger partial charge in [-0.25, -0.2) is 9.97 Å². The lowest BCUT2D eigenvalue weighted by molar-refractivity contribution is 0.828. The molecule has 3 aromatic heterocycles. The number of benzene rings is 5. The molecule has 8 aromatic rings. The van der Waals surface area contributed by atoms with Gasteiger partial charge in [0.15, 0.2) is 5.65 Å². The van der Waals surface area contributed by atoms with Crippen LogP contribution >= 0.6 is 0 Å². The molecule has 9 rings (SSSR count). The SMILES string of the molecule is c1ccc(N2c3ccccc3NC2c2cccc(-c3cccc(-c4nc5c(nc6ccccn65)c5ccccc45)c3)c2)cc1. The number of rotatable bonds is 4. The van der Waals surface area contributed by atoms with E-state index in [1.165, 1.54) is 11.3 Å². The molecule has 0 spiro atoms. The van der Waals surface area contributed by atoms with Gasteiger partial charge in [-0.3, -0.25) is 4.40 Å². The molecule has 4 heterocycles. The van der Waals surface area contributed by atoms with E-state index < -0.39 is 0 Å². The first-order chi connectivity index (χ1) is 21.8. The number of imidazole rings is 1. The number of fused-ring (bicyclic) bond motifs is 6. The highest BCUT2D eigenvalue weighted by molar-refractivity contribution is 6.09. The molecular weight excluding hydrogens is 538 g/mol. The Hall–Kier alpha value is -5.94. The topological polar surface area (TPSA) is 45.5 Å². The summed E-state index contributed by atoms with van der Waals surface area (Å²) in [5.41, 5.74) is 11.7. The number of hydrogen-bond acceptors (Lipinski definition) is 4. The quantitative estimate of drug-likeness (QED) is 0.231. The van der Waals surface area contributed by atoms with Crippen LogP contribution in [-0.4, -0.2) is 14.4 Å². The van der Waals surface area contributed by atoms with Crippen molar-refractivity contribution in [3.63, 3.8) is 0 Å². The smallest absolute Gasteiger partial charge is 0.165 e. The number of pyridine rings is 2. The van der Waals surface area contributed by atoms with Crippen LogP contribution < -0.4 is 10.2 Å². The fraction of sp³-hybridized carbons (Fsp3) is 0.0256. The zero-order chi connectivity index (χ0) is 29.0. The highest BCUT2D eigenvalue weighted by atomic mass is 15.3. The Bertz CT molecular complexity index is 2340. The first-order valence-electron chi connectivity index (χ1n) is 14.9. The number of nitrogens with zero attached hydrogens (tertiary/aromatic N) is 4. The molecule has 1 unspecified atom stereocenters. The van der Waals surface area contributed by atoms with Crippen LogP contribution in [0.25, 0.3) is 50.0 Å². The fourth-order valence-electron chi connectivity index (χ4n) is 6.55. The summed E-state index contributed by atoms with van der Waals surface area (Å²) in [6.07, 6.45) is 2.01. The molecule has 1 aliphatic rings. The third-order valence-corrected chi connectivity index (χ3v) is 8.58. The zero-order valence-corrected chi connectivity index (χ0v) is 23.8. The van der Waals surface area contributed by atoms with E-state index in [0.29, 0.717) is 0 Å².